The Morgan fingerprint density at radius 2 is 1.67 bits per heavy atom. The summed E-state index contributed by atoms with van der Waals surface area (Å²) >= 11 is 0. The molecule has 1 N–H and O–H groups in total. The zero-order valence-corrected chi connectivity index (χ0v) is 14.8. The van der Waals surface area contributed by atoms with E-state index in [9.17, 15) is 30.8 Å². The van der Waals surface area contributed by atoms with Crippen molar-refractivity contribution < 1.29 is 35.5 Å². The van der Waals surface area contributed by atoms with Gasteiger partial charge in [-0.05, 0) is 42.3 Å². The Morgan fingerprint density at radius 3 is 2.19 bits per heavy atom. The van der Waals surface area contributed by atoms with Crippen LogP contribution in [0.3, 0.4) is 0 Å². The molecule has 2 rings (SSSR count). The maximum atomic E-state index is 13.7. The SMILES string of the molecule is COc1ccc(S(=O)(=O)c2ccc(CCNC(=O)C(F)(F)F)cc2)cc1F. The van der Waals surface area contributed by atoms with Crippen molar-refractivity contribution in [3.63, 3.8) is 0 Å². The molecule has 0 aliphatic rings. The zero-order valence-electron chi connectivity index (χ0n) is 14.0. The summed E-state index contributed by atoms with van der Waals surface area (Å²) < 4.78 is 79.8. The highest BCUT2D eigenvalue weighted by Crippen LogP contribution is 2.26. The molecule has 0 saturated carbocycles. The lowest BCUT2D eigenvalue weighted by Crippen LogP contribution is -2.37. The largest absolute Gasteiger partial charge is 0.494 e. The van der Waals surface area contributed by atoms with Crippen LogP contribution in [0.5, 0.6) is 5.75 Å². The molecule has 5 nitrogen and oxygen atoms in total. The highest BCUT2D eigenvalue weighted by Gasteiger charge is 2.38. The van der Waals surface area contributed by atoms with E-state index in [1.807, 2.05) is 0 Å². The number of nitrogens with one attached hydrogen (secondary N) is 1. The molecule has 0 aromatic heterocycles. The van der Waals surface area contributed by atoms with Crippen molar-refractivity contribution >= 4 is 15.7 Å². The Hall–Kier alpha value is -2.62. The Bertz CT molecular complexity index is 925. The van der Waals surface area contributed by atoms with Gasteiger partial charge in [-0.25, -0.2) is 12.8 Å². The van der Waals surface area contributed by atoms with E-state index in [4.69, 9.17) is 4.74 Å². The van der Waals surface area contributed by atoms with Crippen LogP contribution in [-0.4, -0.2) is 34.2 Å². The summed E-state index contributed by atoms with van der Waals surface area (Å²) in [5.74, 6) is -2.95. The number of carbonyl (C=O) groups is 1. The van der Waals surface area contributed by atoms with Crippen molar-refractivity contribution in [3.05, 3.63) is 53.8 Å². The third-order valence-corrected chi connectivity index (χ3v) is 5.39. The minimum absolute atomic E-state index is 0.0827. The molecule has 0 unspecified atom stereocenters. The van der Waals surface area contributed by atoms with E-state index >= 15 is 0 Å². The number of ether oxygens (including phenoxy) is 1. The molecule has 0 bridgehead atoms. The molecule has 0 heterocycles. The van der Waals surface area contributed by atoms with Gasteiger partial charge in [0.1, 0.15) is 0 Å². The van der Waals surface area contributed by atoms with Gasteiger partial charge in [-0.15, -0.1) is 0 Å². The van der Waals surface area contributed by atoms with Gasteiger partial charge in [-0.3, -0.25) is 4.79 Å². The van der Waals surface area contributed by atoms with Crippen molar-refractivity contribution in [1.29, 1.82) is 0 Å². The minimum atomic E-state index is -4.95. The molecule has 0 aliphatic heterocycles. The summed E-state index contributed by atoms with van der Waals surface area (Å²) in [6.07, 6.45) is -4.87. The second-order valence-electron chi connectivity index (χ2n) is 5.45. The quantitative estimate of drug-likeness (QED) is 0.751. The van der Waals surface area contributed by atoms with Crippen molar-refractivity contribution in [3.8, 4) is 5.75 Å². The second-order valence-corrected chi connectivity index (χ2v) is 7.40. The van der Waals surface area contributed by atoms with Gasteiger partial charge in [0.05, 0.1) is 16.9 Å². The van der Waals surface area contributed by atoms with Crippen molar-refractivity contribution in [2.45, 2.75) is 22.4 Å². The lowest BCUT2D eigenvalue weighted by Gasteiger charge is -2.09. The molecule has 1 amide bonds. The third-order valence-electron chi connectivity index (χ3n) is 3.62. The molecular weight excluding hydrogens is 390 g/mol. The molecule has 0 spiro atoms. The van der Waals surface area contributed by atoms with Crippen LogP contribution in [0.1, 0.15) is 5.56 Å². The number of methoxy groups -OCH3 is 1. The fraction of sp³-hybridized carbons (Fsp3) is 0.235. The summed E-state index contributed by atoms with van der Waals surface area (Å²) in [5.41, 5.74) is 0.525. The lowest BCUT2D eigenvalue weighted by atomic mass is 10.1. The highest BCUT2D eigenvalue weighted by molar-refractivity contribution is 7.91. The lowest BCUT2D eigenvalue weighted by molar-refractivity contribution is -0.173. The van der Waals surface area contributed by atoms with Crippen LogP contribution in [0.15, 0.2) is 52.3 Å². The molecule has 0 fully saturated rings. The van der Waals surface area contributed by atoms with Gasteiger partial charge >= 0.3 is 12.1 Å². The van der Waals surface area contributed by atoms with Crippen LogP contribution in [-0.2, 0) is 21.1 Å². The molecular formula is C17H15F4NO4S. The minimum Gasteiger partial charge on any atom is -0.494 e. The first-order chi connectivity index (χ1) is 12.6. The van der Waals surface area contributed by atoms with Gasteiger partial charge in [0.15, 0.2) is 11.6 Å². The summed E-state index contributed by atoms with van der Waals surface area (Å²) in [6, 6.07) is 8.59. The van der Waals surface area contributed by atoms with Crippen LogP contribution in [0.2, 0.25) is 0 Å². The fourth-order valence-electron chi connectivity index (χ4n) is 2.21. The predicted octanol–water partition coefficient (Wildman–Crippen LogP) is 2.89. The Balaban J connectivity index is 2.10. The van der Waals surface area contributed by atoms with Gasteiger partial charge in [0.25, 0.3) is 0 Å². The normalized spacial score (nSPS) is 11.9. The van der Waals surface area contributed by atoms with E-state index in [2.05, 4.69) is 0 Å². The molecule has 0 radical (unpaired) electrons. The van der Waals surface area contributed by atoms with Crippen LogP contribution < -0.4 is 10.1 Å². The van der Waals surface area contributed by atoms with E-state index in [0.717, 1.165) is 6.07 Å². The average Bonchev–Trinajstić information content (AvgIpc) is 2.61. The Kier molecular flexibility index (Phi) is 6.09. The molecule has 2 aromatic carbocycles. The Morgan fingerprint density at radius 1 is 1.07 bits per heavy atom. The van der Waals surface area contributed by atoms with E-state index in [1.54, 1.807) is 5.32 Å². The highest BCUT2D eigenvalue weighted by atomic mass is 32.2. The fourth-order valence-corrected chi connectivity index (χ4v) is 3.48. The van der Waals surface area contributed by atoms with Crippen molar-refractivity contribution in [2.24, 2.45) is 0 Å². The first kappa shape index (κ1) is 20.7. The second kappa shape index (κ2) is 7.95. The number of carbonyl (C=O) groups excluding carboxylic acids is 1. The number of benzene rings is 2. The number of hydrogen-bond acceptors (Lipinski definition) is 4. The van der Waals surface area contributed by atoms with Crippen LogP contribution in [0, 0.1) is 5.82 Å². The van der Waals surface area contributed by atoms with Gasteiger partial charge in [-0.1, -0.05) is 12.1 Å². The topological polar surface area (TPSA) is 72.5 Å². The number of amides is 1. The Labute approximate surface area is 152 Å². The van der Waals surface area contributed by atoms with Crippen molar-refractivity contribution in [1.82, 2.24) is 5.32 Å². The summed E-state index contributed by atoms with van der Waals surface area (Å²) in [7, 11) is -2.72. The molecule has 0 aliphatic carbocycles. The molecule has 0 saturated heterocycles. The average molecular weight is 405 g/mol. The summed E-state index contributed by atoms with van der Waals surface area (Å²) in [4.78, 5) is 10.4. The molecule has 146 valence electrons. The van der Waals surface area contributed by atoms with Gasteiger partial charge in [0, 0.05) is 6.54 Å². The van der Waals surface area contributed by atoms with Crippen molar-refractivity contribution in [2.75, 3.05) is 13.7 Å². The number of rotatable bonds is 6. The van der Waals surface area contributed by atoms with Crippen LogP contribution in [0.25, 0.3) is 0 Å². The van der Waals surface area contributed by atoms with Gasteiger partial charge in [-0.2, -0.15) is 13.2 Å². The maximum absolute atomic E-state index is 13.7. The van der Waals surface area contributed by atoms with Gasteiger partial charge in [0.2, 0.25) is 9.84 Å². The standard InChI is InChI=1S/C17H15F4NO4S/c1-26-15-7-6-13(10-14(15)18)27(24,25)12-4-2-11(3-5-12)8-9-22-16(23)17(19,20)21/h2-7,10H,8-9H2,1H3,(H,22,23). The molecule has 27 heavy (non-hydrogen) atoms. The maximum Gasteiger partial charge on any atom is 0.471 e. The number of sulfone groups is 1. The third kappa shape index (κ3) is 4.97. The monoisotopic (exact) mass is 405 g/mol. The van der Waals surface area contributed by atoms with Gasteiger partial charge < -0.3 is 10.1 Å². The van der Waals surface area contributed by atoms with E-state index in [-0.39, 0.29) is 28.5 Å². The number of hydrogen-bond donors (Lipinski definition) is 1. The first-order valence-electron chi connectivity index (χ1n) is 7.58. The van der Waals surface area contributed by atoms with E-state index in [1.165, 1.54) is 43.5 Å². The van der Waals surface area contributed by atoms with Crippen LogP contribution >= 0.6 is 0 Å². The summed E-state index contributed by atoms with van der Waals surface area (Å²) in [5, 5.41) is 1.72. The van der Waals surface area contributed by atoms with E-state index < -0.39 is 27.7 Å². The van der Waals surface area contributed by atoms with Crippen LogP contribution in [0.4, 0.5) is 17.6 Å². The zero-order chi connectivity index (χ0) is 20.2. The molecule has 2 aromatic rings. The smallest absolute Gasteiger partial charge is 0.471 e. The molecule has 0 atom stereocenters. The molecule has 10 heteroatoms. The number of halogens is 4. The summed E-state index contributed by atoms with van der Waals surface area (Å²) in [6.45, 7) is -0.256. The number of alkyl halides is 3. The first-order valence-corrected chi connectivity index (χ1v) is 9.06. The van der Waals surface area contributed by atoms with E-state index in [0.29, 0.717) is 5.56 Å². The predicted molar refractivity (Wildman–Crippen MR) is 87.6 cm³/mol.